The summed E-state index contributed by atoms with van der Waals surface area (Å²) in [7, 11) is -0.228. The van der Waals surface area contributed by atoms with Gasteiger partial charge in [-0.25, -0.2) is 13.4 Å². The molecule has 1 aromatic heterocycles. The number of anilines is 4. The van der Waals surface area contributed by atoms with Crippen molar-refractivity contribution >= 4 is 56.4 Å². The van der Waals surface area contributed by atoms with Crippen LogP contribution >= 0.6 is 11.6 Å². The number of nitrogens with zero attached hydrogens (tertiary/aromatic N) is 3. The van der Waals surface area contributed by atoms with Crippen LogP contribution in [0, 0.1) is 12.3 Å². The zero-order valence-electron chi connectivity index (χ0n) is 45.3. The van der Waals surface area contributed by atoms with Gasteiger partial charge >= 0.3 is 0 Å². The molecule has 0 spiro atoms. The summed E-state index contributed by atoms with van der Waals surface area (Å²) < 4.78 is 44.0. The Morgan fingerprint density at radius 2 is 1.68 bits per heavy atom. The second-order valence-electron chi connectivity index (χ2n) is 20.9. The van der Waals surface area contributed by atoms with E-state index in [0.717, 1.165) is 53.5 Å². The molecule has 410 valence electrons. The van der Waals surface area contributed by atoms with Crippen LogP contribution in [0.15, 0.2) is 90.0 Å². The molecule has 5 atom stereocenters. The molecule has 7 N–H and O–H groups in total. The van der Waals surface area contributed by atoms with Crippen LogP contribution in [0.1, 0.15) is 93.8 Å². The molecule has 0 bridgehead atoms. The normalized spacial score (nSPS) is 16.8. The van der Waals surface area contributed by atoms with E-state index >= 15 is 0 Å². The van der Waals surface area contributed by atoms with Crippen molar-refractivity contribution in [2.75, 3.05) is 57.7 Å². The summed E-state index contributed by atoms with van der Waals surface area (Å²) in [6, 6.07) is 22.7. The van der Waals surface area contributed by atoms with E-state index in [9.17, 15) is 23.1 Å². The van der Waals surface area contributed by atoms with Crippen molar-refractivity contribution in [2.45, 2.75) is 128 Å². The number of aromatic nitrogens is 2. The number of carbonyl (C=O) groups is 2. The molecule has 5 aromatic rings. The summed E-state index contributed by atoms with van der Waals surface area (Å²) in [6.45, 7) is 15.7. The zero-order valence-corrected chi connectivity index (χ0v) is 46.8. The van der Waals surface area contributed by atoms with Crippen LogP contribution in [0.5, 0.6) is 11.5 Å². The lowest BCUT2D eigenvalue weighted by Crippen LogP contribution is -2.63. The van der Waals surface area contributed by atoms with E-state index < -0.39 is 38.8 Å². The number of halogens is 1. The highest BCUT2D eigenvalue weighted by atomic mass is 35.5. The van der Waals surface area contributed by atoms with Gasteiger partial charge in [-0.05, 0) is 142 Å². The fourth-order valence-corrected chi connectivity index (χ4v) is 10.9. The lowest BCUT2D eigenvalue weighted by molar-refractivity contribution is -0.147. The van der Waals surface area contributed by atoms with Crippen LogP contribution in [0.2, 0.25) is 5.02 Å². The molecular weight excluding hydrogens is 1010 g/mol. The number of benzene rings is 4. The van der Waals surface area contributed by atoms with Crippen molar-refractivity contribution in [2.24, 2.45) is 5.41 Å². The zero-order chi connectivity index (χ0) is 54.7. The molecule has 1 aliphatic carbocycles. The number of likely N-dealkylation sites (N-methyl/N-ethyl adjacent to an activating group) is 1. The minimum absolute atomic E-state index is 0.140. The summed E-state index contributed by atoms with van der Waals surface area (Å²) in [5, 5.41) is 30.0. The van der Waals surface area contributed by atoms with Gasteiger partial charge in [0, 0.05) is 25.6 Å². The van der Waals surface area contributed by atoms with Crippen molar-refractivity contribution in [3.05, 3.63) is 123 Å². The van der Waals surface area contributed by atoms with Crippen LogP contribution in [-0.4, -0.2) is 117 Å². The highest BCUT2D eigenvalue weighted by Crippen LogP contribution is 2.36. The minimum atomic E-state index is -3.58. The van der Waals surface area contributed by atoms with Crippen LogP contribution in [0.25, 0.3) is 0 Å². The van der Waals surface area contributed by atoms with Crippen LogP contribution in [0.3, 0.4) is 0 Å². The van der Waals surface area contributed by atoms with Crippen LogP contribution in [-0.2, 0) is 50.0 Å². The number of rotatable bonds is 24. The summed E-state index contributed by atoms with van der Waals surface area (Å²) in [5.74, 6) is 1.28. The van der Waals surface area contributed by atoms with E-state index in [-0.39, 0.29) is 52.1 Å². The third-order valence-corrected chi connectivity index (χ3v) is 16.7. The number of nitrogens with one attached hydrogen (secondary N) is 6. The van der Waals surface area contributed by atoms with Crippen molar-refractivity contribution in [1.29, 1.82) is 0 Å². The number of fused-ring (bicyclic) bond motifs is 2. The maximum absolute atomic E-state index is 14.8. The van der Waals surface area contributed by atoms with Crippen LogP contribution < -0.4 is 41.4 Å². The van der Waals surface area contributed by atoms with E-state index in [1.165, 1.54) is 11.8 Å². The summed E-state index contributed by atoms with van der Waals surface area (Å²) in [6.07, 6.45) is 4.29. The molecule has 17 nitrogen and oxygen atoms in total. The third kappa shape index (κ3) is 14.4. The summed E-state index contributed by atoms with van der Waals surface area (Å²) in [4.78, 5) is 39.9. The second kappa shape index (κ2) is 26.0. The maximum atomic E-state index is 14.8. The van der Waals surface area contributed by atoms with E-state index in [4.69, 9.17) is 25.8 Å². The van der Waals surface area contributed by atoms with E-state index in [1.807, 2.05) is 77.1 Å². The Morgan fingerprint density at radius 1 is 0.921 bits per heavy atom. The molecule has 7 rings (SSSR count). The number of aliphatic hydroxyl groups is 1. The number of amides is 2. The monoisotopic (exact) mass is 1080 g/mol. The van der Waals surface area contributed by atoms with Crippen LogP contribution in [0.4, 0.5) is 23.1 Å². The summed E-state index contributed by atoms with van der Waals surface area (Å²) >= 11 is 6.48. The number of carbonyl (C=O) groups excluding carboxylic acids is 2. The first-order chi connectivity index (χ1) is 36.3. The first kappa shape index (κ1) is 57.8. The average Bonchev–Trinajstić information content (AvgIpc) is 3.40. The number of hydrogen-bond donors (Lipinski definition) is 7. The molecule has 19 heteroatoms. The standard InChI is InChI=1S/C57H76ClN9O8S/c1-35(2)76(71,72)50-20-13-12-18-46(50)62-52-44(58)33-61-56(66-52)64-47-29-36(3)39(32-49(47)73-9)23-24-60-25-26-74-27-28-75-42-22-21-40-31-48(54(69)63-45-19-14-16-38-15-10-11-17-43(38)45)67(34-41(40)30-42)55(70)51(57(5,6)7)65-53(68)37(4)59-8/h10-13,15,17-18,20-22,29-30,32-33,35,37,45,48,51,53,59-60,65,68H,14,16,19,23-28,31,34H2,1-9H3,(H,63,69)(H2,61,62,64,66)/t37-,45-,48-,51+,53?/m0/s1. The Morgan fingerprint density at radius 3 is 2.43 bits per heavy atom. The lowest BCUT2D eigenvalue weighted by atomic mass is 9.83. The number of para-hydroxylation sites is 1. The first-order valence-electron chi connectivity index (χ1n) is 26.2. The molecule has 0 saturated carbocycles. The average molecular weight is 1080 g/mol. The van der Waals surface area contributed by atoms with Gasteiger partial charge in [-0.2, -0.15) is 4.98 Å². The van der Waals surface area contributed by atoms with Gasteiger partial charge in [-0.15, -0.1) is 0 Å². The predicted molar refractivity (Wildman–Crippen MR) is 299 cm³/mol. The number of sulfone groups is 1. The number of aryl methyl sites for hydroxylation is 2. The molecule has 1 aliphatic heterocycles. The SMILES string of the molecule is CN[C@@H](C)C(O)N[C@H](C(=O)N1Cc2cc(OCCOCCNCCc3cc(OC)c(Nc4ncc(Cl)c(Nc5ccccc5S(=O)(=O)C(C)C)n4)cc3C)ccc2C[C@H]1C(=O)N[C@H]1CCCc2ccccc21)C(C)(C)C. The Labute approximate surface area is 453 Å². The van der Waals surface area contributed by atoms with Crippen molar-refractivity contribution < 1.29 is 37.3 Å². The Kier molecular flexibility index (Phi) is 19.8. The van der Waals surface area contributed by atoms with E-state index in [0.29, 0.717) is 62.2 Å². The van der Waals surface area contributed by atoms with Crippen molar-refractivity contribution in [1.82, 2.24) is 36.1 Å². The minimum Gasteiger partial charge on any atom is -0.495 e. The lowest BCUT2D eigenvalue weighted by Gasteiger charge is -2.42. The molecule has 0 radical (unpaired) electrons. The van der Waals surface area contributed by atoms with E-state index in [1.54, 1.807) is 57.2 Å². The largest absolute Gasteiger partial charge is 0.495 e. The summed E-state index contributed by atoms with van der Waals surface area (Å²) in [5.41, 5.74) is 6.80. The molecule has 76 heavy (non-hydrogen) atoms. The number of ether oxygens (including phenoxy) is 3. The van der Waals surface area contributed by atoms with Gasteiger partial charge in [0.25, 0.3) is 0 Å². The fraction of sp³-hybridized carbons (Fsp3) is 0.474. The van der Waals surface area contributed by atoms with Gasteiger partial charge < -0.3 is 50.8 Å². The topological polar surface area (TPSA) is 217 Å². The van der Waals surface area contributed by atoms with Gasteiger partial charge in [-0.1, -0.05) is 74.8 Å². The molecule has 0 fully saturated rings. The second-order valence-corrected chi connectivity index (χ2v) is 23.8. The number of methoxy groups -OCH3 is 1. The highest BCUT2D eigenvalue weighted by molar-refractivity contribution is 7.92. The molecule has 4 aromatic carbocycles. The van der Waals surface area contributed by atoms with Gasteiger partial charge in [-0.3, -0.25) is 14.9 Å². The molecule has 2 heterocycles. The van der Waals surface area contributed by atoms with Crippen molar-refractivity contribution in [3.8, 4) is 11.5 Å². The Bertz CT molecular complexity index is 2920. The molecule has 0 saturated heterocycles. The van der Waals surface area contributed by atoms with Gasteiger partial charge in [0.15, 0.2) is 15.7 Å². The third-order valence-electron chi connectivity index (χ3n) is 14.2. The number of hydrogen-bond acceptors (Lipinski definition) is 15. The van der Waals surface area contributed by atoms with E-state index in [2.05, 4.69) is 54.0 Å². The van der Waals surface area contributed by atoms with Gasteiger partial charge in [0.1, 0.15) is 35.4 Å². The smallest absolute Gasteiger partial charge is 0.243 e. The molecular formula is C57H76ClN9O8S. The number of aliphatic hydroxyl groups excluding tert-OH is 1. The highest BCUT2D eigenvalue weighted by Gasteiger charge is 2.43. The molecule has 2 aliphatic rings. The molecule has 1 unspecified atom stereocenters. The Hall–Kier alpha value is -5.86. The maximum Gasteiger partial charge on any atom is 0.243 e. The fourth-order valence-electron chi connectivity index (χ4n) is 9.53. The molecule has 2 amide bonds. The Balaban J connectivity index is 0.905. The van der Waals surface area contributed by atoms with Gasteiger partial charge in [0.2, 0.25) is 17.8 Å². The quantitative estimate of drug-likeness (QED) is 0.0233. The first-order valence-corrected chi connectivity index (χ1v) is 28.1. The predicted octanol–water partition coefficient (Wildman–Crippen LogP) is 7.72. The van der Waals surface area contributed by atoms with Gasteiger partial charge in [0.05, 0.1) is 60.1 Å². The van der Waals surface area contributed by atoms with Crippen molar-refractivity contribution in [3.63, 3.8) is 0 Å².